The second-order valence-corrected chi connectivity index (χ2v) is 8.67. The SMILES string of the molecule is Cc1cccc(C2=C(C(=O)OCOC(=O)C(C)(C)C)N3C(=O)[C@H]([C@@H](C)O)[C@H]3C2)c1. The lowest BCUT2D eigenvalue weighted by Gasteiger charge is -2.44. The molecule has 1 aromatic rings. The fourth-order valence-electron chi connectivity index (χ4n) is 3.77. The number of hydrogen-bond donors (Lipinski definition) is 1. The van der Waals surface area contributed by atoms with E-state index >= 15 is 0 Å². The average molecular weight is 401 g/mol. The summed E-state index contributed by atoms with van der Waals surface area (Å²) in [6, 6.07) is 7.37. The van der Waals surface area contributed by atoms with E-state index in [4.69, 9.17) is 9.47 Å². The highest BCUT2D eigenvalue weighted by molar-refractivity contribution is 6.06. The maximum Gasteiger partial charge on any atom is 0.358 e. The van der Waals surface area contributed by atoms with Crippen LogP contribution in [0.1, 0.15) is 45.2 Å². The molecule has 1 fully saturated rings. The third-order valence-corrected chi connectivity index (χ3v) is 5.28. The number of β-lactam (4-membered cyclic amide) rings is 1. The smallest absolute Gasteiger partial charge is 0.358 e. The number of benzene rings is 1. The van der Waals surface area contributed by atoms with Crippen LogP contribution in [0.5, 0.6) is 0 Å². The van der Waals surface area contributed by atoms with Crippen LogP contribution in [0.25, 0.3) is 5.57 Å². The second-order valence-electron chi connectivity index (χ2n) is 8.67. The molecular weight excluding hydrogens is 374 g/mol. The molecule has 2 aliphatic heterocycles. The van der Waals surface area contributed by atoms with Gasteiger partial charge in [0.15, 0.2) is 0 Å². The van der Waals surface area contributed by atoms with E-state index in [9.17, 15) is 19.5 Å². The summed E-state index contributed by atoms with van der Waals surface area (Å²) in [5, 5.41) is 9.95. The Labute approximate surface area is 170 Å². The molecule has 1 aromatic carbocycles. The Hall–Kier alpha value is -2.67. The summed E-state index contributed by atoms with van der Waals surface area (Å²) in [6.45, 7) is 8.10. The average Bonchev–Trinajstić information content (AvgIpc) is 2.95. The standard InChI is InChI=1S/C22H27NO6/c1-12-7-6-8-14(9-12)15-10-16-17(13(2)24)19(25)23(16)18(15)20(26)28-11-29-21(27)22(3,4)5/h6-9,13,16-17,24H,10-11H2,1-5H3/t13-,16-,17-/m1/s1. The Kier molecular flexibility index (Phi) is 5.54. The number of carbonyl (C=O) groups excluding carboxylic acids is 3. The van der Waals surface area contributed by atoms with Crippen molar-refractivity contribution in [2.75, 3.05) is 6.79 Å². The number of rotatable bonds is 5. The Morgan fingerprint density at radius 2 is 1.97 bits per heavy atom. The number of carbonyl (C=O) groups is 3. The van der Waals surface area contributed by atoms with Crippen molar-refractivity contribution in [1.82, 2.24) is 4.90 Å². The van der Waals surface area contributed by atoms with E-state index in [1.165, 1.54) is 4.90 Å². The summed E-state index contributed by atoms with van der Waals surface area (Å²) in [4.78, 5) is 38.7. The lowest BCUT2D eigenvalue weighted by Crippen LogP contribution is -2.61. The number of hydrogen-bond acceptors (Lipinski definition) is 6. The number of aliphatic hydroxyl groups is 1. The topological polar surface area (TPSA) is 93.1 Å². The fraction of sp³-hybridized carbons (Fsp3) is 0.500. The van der Waals surface area contributed by atoms with E-state index in [1.807, 2.05) is 31.2 Å². The van der Waals surface area contributed by atoms with Crippen molar-refractivity contribution in [1.29, 1.82) is 0 Å². The van der Waals surface area contributed by atoms with E-state index in [0.717, 1.165) is 11.1 Å². The molecule has 0 aliphatic carbocycles. The van der Waals surface area contributed by atoms with Crippen LogP contribution < -0.4 is 0 Å². The van der Waals surface area contributed by atoms with Gasteiger partial charge in [-0.05, 0) is 52.2 Å². The highest BCUT2D eigenvalue weighted by atomic mass is 16.7. The molecule has 0 aromatic heterocycles. The van der Waals surface area contributed by atoms with Crippen LogP contribution in [0.15, 0.2) is 30.0 Å². The molecule has 29 heavy (non-hydrogen) atoms. The van der Waals surface area contributed by atoms with Gasteiger partial charge in [0.05, 0.1) is 23.5 Å². The van der Waals surface area contributed by atoms with Crippen molar-refractivity contribution in [3.8, 4) is 0 Å². The lowest BCUT2D eigenvalue weighted by molar-refractivity contribution is -0.175. The van der Waals surface area contributed by atoms with E-state index < -0.39 is 36.2 Å². The summed E-state index contributed by atoms with van der Waals surface area (Å²) in [7, 11) is 0. The fourth-order valence-corrected chi connectivity index (χ4v) is 3.77. The van der Waals surface area contributed by atoms with Crippen molar-refractivity contribution >= 4 is 23.4 Å². The highest BCUT2D eigenvalue weighted by Gasteiger charge is 2.57. The summed E-state index contributed by atoms with van der Waals surface area (Å²) >= 11 is 0. The van der Waals surface area contributed by atoms with Crippen molar-refractivity contribution in [2.45, 2.75) is 53.2 Å². The summed E-state index contributed by atoms with van der Waals surface area (Å²) < 4.78 is 10.2. The zero-order valence-electron chi connectivity index (χ0n) is 17.4. The van der Waals surface area contributed by atoms with Gasteiger partial charge in [0.25, 0.3) is 0 Å². The van der Waals surface area contributed by atoms with E-state index in [0.29, 0.717) is 12.0 Å². The van der Waals surface area contributed by atoms with Gasteiger partial charge in [-0.2, -0.15) is 0 Å². The molecule has 0 radical (unpaired) electrons. The van der Waals surface area contributed by atoms with Crippen molar-refractivity contribution < 1.29 is 29.0 Å². The highest BCUT2D eigenvalue weighted by Crippen LogP contribution is 2.47. The predicted octanol–water partition coefficient (Wildman–Crippen LogP) is 2.41. The van der Waals surface area contributed by atoms with Crippen molar-refractivity contribution in [3.05, 3.63) is 41.1 Å². The second kappa shape index (κ2) is 7.63. The van der Waals surface area contributed by atoms with Crippen LogP contribution >= 0.6 is 0 Å². The van der Waals surface area contributed by atoms with Crippen LogP contribution in [0.4, 0.5) is 0 Å². The number of aryl methyl sites for hydroxylation is 1. The van der Waals surface area contributed by atoms with Gasteiger partial charge in [-0.3, -0.25) is 9.59 Å². The molecule has 2 heterocycles. The minimum absolute atomic E-state index is 0.161. The molecular formula is C22H27NO6. The van der Waals surface area contributed by atoms with Gasteiger partial charge in [-0.15, -0.1) is 0 Å². The Balaban J connectivity index is 1.85. The number of fused-ring (bicyclic) bond motifs is 1. The van der Waals surface area contributed by atoms with Crippen LogP contribution in [0.2, 0.25) is 0 Å². The van der Waals surface area contributed by atoms with Gasteiger partial charge in [0, 0.05) is 0 Å². The molecule has 156 valence electrons. The molecule has 1 amide bonds. The number of ether oxygens (including phenoxy) is 2. The summed E-state index contributed by atoms with van der Waals surface area (Å²) in [5.74, 6) is -2.05. The first kappa shape index (κ1) is 21.0. The molecule has 1 N–H and O–H groups in total. The number of nitrogens with zero attached hydrogens (tertiary/aromatic N) is 1. The zero-order valence-corrected chi connectivity index (χ0v) is 17.4. The first-order chi connectivity index (χ1) is 13.5. The van der Waals surface area contributed by atoms with E-state index in [1.54, 1.807) is 27.7 Å². The van der Waals surface area contributed by atoms with Gasteiger partial charge < -0.3 is 19.5 Å². The minimum Gasteiger partial charge on any atom is -0.427 e. The number of amides is 1. The summed E-state index contributed by atoms with van der Waals surface area (Å²) in [5.41, 5.74) is 2.00. The molecule has 0 unspecified atom stereocenters. The molecule has 3 rings (SSSR count). The quantitative estimate of drug-likeness (QED) is 0.463. The van der Waals surface area contributed by atoms with E-state index in [2.05, 4.69) is 0 Å². The van der Waals surface area contributed by atoms with Gasteiger partial charge >= 0.3 is 11.9 Å². The van der Waals surface area contributed by atoms with Gasteiger partial charge in [0.1, 0.15) is 5.70 Å². The lowest BCUT2D eigenvalue weighted by atomic mass is 9.82. The van der Waals surface area contributed by atoms with Crippen LogP contribution in [0.3, 0.4) is 0 Å². The predicted molar refractivity (Wildman–Crippen MR) is 105 cm³/mol. The third-order valence-electron chi connectivity index (χ3n) is 5.28. The first-order valence-corrected chi connectivity index (χ1v) is 9.68. The van der Waals surface area contributed by atoms with Crippen LogP contribution in [-0.4, -0.2) is 46.8 Å². The molecule has 3 atom stereocenters. The third kappa shape index (κ3) is 3.92. The molecule has 1 saturated heterocycles. The largest absolute Gasteiger partial charge is 0.427 e. The molecule has 2 aliphatic rings. The molecule has 0 spiro atoms. The van der Waals surface area contributed by atoms with Crippen molar-refractivity contribution in [2.24, 2.45) is 11.3 Å². The maximum atomic E-state index is 12.8. The Bertz CT molecular complexity index is 880. The Morgan fingerprint density at radius 1 is 1.28 bits per heavy atom. The molecule has 0 saturated carbocycles. The van der Waals surface area contributed by atoms with Crippen molar-refractivity contribution in [3.63, 3.8) is 0 Å². The monoisotopic (exact) mass is 401 g/mol. The number of aliphatic hydroxyl groups excluding tert-OH is 1. The van der Waals surface area contributed by atoms with Gasteiger partial charge in [-0.25, -0.2) is 4.79 Å². The first-order valence-electron chi connectivity index (χ1n) is 9.68. The summed E-state index contributed by atoms with van der Waals surface area (Å²) in [6.07, 6.45) is -0.345. The molecule has 7 nitrogen and oxygen atoms in total. The number of esters is 2. The maximum absolute atomic E-state index is 12.8. The normalized spacial score (nSPS) is 22.1. The Morgan fingerprint density at radius 3 is 2.55 bits per heavy atom. The van der Waals surface area contributed by atoms with Crippen LogP contribution in [-0.2, 0) is 23.9 Å². The van der Waals surface area contributed by atoms with Crippen LogP contribution in [0, 0.1) is 18.3 Å². The molecule has 7 heteroatoms. The van der Waals surface area contributed by atoms with Gasteiger partial charge in [0.2, 0.25) is 12.7 Å². The van der Waals surface area contributed by atoms with E-state index in [-0.39, 0.29) is 17.6 Å². The molecule has 0 bridgehead atoms. The zero-order chi connectivity index (χ0) is 21.5. The van der Waals surface area contributed by atoms with Gasteiger partial charge in [-0.1, -0.05) is 29.8 Å². The minimum atomic E-state index is -0.800.